The molecule has 118 valence electrons. The molecule has 1 heterocycles. The number of rotatable bonds is 4. The summed E-state index contributed by atoms with van der Waals surface area (Å²) < 4.78 is 11.8. The fraction of sp³-hybridized carbons (Fsp3) is 0.706. The number of allylic oxidation sites excluding steroid dienone is 2. The molecule has 0 aromatic carbocycles. The molecule has 0 aromatic heterocycles. The monoisotopic (exact) mass is 293 g/mol. The Bertz CT molecular complexity index is 449. The third-order valence-corrected chi connectivity index (χ3v) is 4.53. The molecule has 0 bridgehead atoms. The highest BCUT2D eigenvalue weighted by Gasteiger charge is 2.47. The number of morpholine rings is 1. The van der Waals surface area contributed by atoms with Crippen LogP contribution in [0.1, 0.15) is 40.5 Å². The molecule has 1 N–H and O–H groups in total. The van der Waals surface area contributed by atoms with Crippen molar-refractivity contribution in [2.75, 3.05) is 19.7 Å². The SMILES string of the molecule is CCCC1(OC(C)=O)C=CC(C)=C(C)C1C1CNCCO1. The predicted molar refractivity (Wildman–Crippen MR) is 83.0 cm³/mol. The van der Waals surface area contributed by atoms with Crippen molar-refractivity contribution in [1.82, 2.24) is 5.32 Å². The summed E-state index contributed by atoms with van der Waals surface area (Å²) in [7, 11) is 0. The Morgan fingerprint density at radius 1 is 1.52 bits per heavy atom. The number of carbonyl (C=O) groups is 1. The molecular formula is C17H27NO3. The van der Waals surface area contributed by atoms with E-state index in [9.17, 15) is 4.79 Å². The second-order valence-electron chi connectivity index (χ2n) is 6.09. The van der Waals surface area contributed by atoms with Crippen LogP contribution in [0.3, 0.4) is 0 Å². The summed E-state index contributed by atoms with van der Waals surface area (Å²) in [4.78, 5) is 11.7. The van der Waals surface area contributed by atoms with Crippen molar-refractivity contribution in [3.63, 3.8) is 0 Å². The number of ether oxygens (including phenoxy) is 2. The molecule has 21 heavy (non-hydrogen) atoms. The van der Waals surface area contributed by atoms with Crippen molar-refractivity contribution in [2.45, 2.75) is 52.2 Å². The van der Waals surface area contributed by atoms with Gasteiger partial charge in [0.25, 0.3) is 0 Å². The Morgan fingerprint density at radius 3 is 2.86 bits per heavy atom. The Hall–Kier alpha value is -1.13. The van der Waals surface area contributed by atoms with Gasteiger partial charge in [-0.25, -0.2) is 0 Å². The van der Waals surface area contributed by atoms with Gasteiger partial charge in [0.1, 0.15) is 5.60 Å². The third kappa shape index (κ3) is 3.38. The van der Waals surface area contributed by atoms with Crippen LogP contribution in [-0.4, -0.2) is 37.4 Å². The number of nitrogens with one attached hydrogen (secondary N) is 1. The van der Waals surface area contributed by atoms with Gasteiger partial charge in [0.05, 0.1) is 18.6 Å². The first-order chi connectivity index (χ1) is 10.00. The molecule has 1 saturated heterocycles. The molecule has 2 aliphatic rings. The Morgan fingerprint density at radius 2 is 2.29 bits per heavy atom. The van der Waals surface area contributed by atoms with Gasteiger partial charge in [0, 0.05) is 20.0 Å². The highest BCUT2D eigenvalue weighted by molar-refractivity contribution is 5.67. The molecule has 1 aliphatic heterocycles. The summed E-state index contributed by atoms with van der Waals surface area (Å²) >= 11 is 0. The number of hydrogen-bond donors (Lipinski definition) is 1. The van der Waals surface area contributed by atoms with Crippen LogP contribution < -0.4 is 5.32 Å². The standard InChI is InChI=1S/C17H27NO3/c1-5-7-17(21-14(4)19)8-6-12(2)13(3)16(17)15-11-18-9-10-20-15/h6,8,15-16,18H,5,7,9-11H2,1-4H3. The fourth-order valence-corrected chi connectivity index (χ4v) is 3.55. The van der Waals surface area contributed by atoms with Gasteiger partial charge in [-0.15, -0.1) is 0 Å². The highest BCUT2D eigenvalue weighted by atomic mass is 16.6. The van der Waals surface area contributed by atoms with E-state index in [1.165, 1.54) is 18.1 Å². The molecule has 0 radical (unpaired) electrons. The number of carbonyl (C=O) groups excluding carboxylic acids is 1. The topological polar surface area (TPSA) is 47.6 Å². The molecular weight excluding hydrogens is 266 g/mol. The van der Waals surface area contributed by atoms with Crippen LogP contribution in [-0.2, 0) is 14.3 Å². The van der Waals surface area contributed by atoms with Crippen LogP contribution in [0.15, 0.2) is 23.3 Å². The van der Waals surface area contributed by atoms with Crippen LogP contribution in [0.4, 0.5) is 0 Å². The zero-order chi connectivity index (χ0) is 15.5. The first-order valence-electron chi connectivity index (χ1n) is 7.88. The number of esters is 1. The van der Waals surface area contributed by atoms with Gasteiger partial charge >= 0.3 is 5.97 Å². The van der Waals surface area contributed by atoms with Crippen molar-refractivity contribution >= 4 is 5.97 Å². The average molecular weight is 293 g/mol. The lowest BCUT2D eigenvalue weighted by atomic mass is 9.71. The summed E-state index contributed by atoms with van der Waals surface area (Å²) in [5.74, 6) is -0.145. The van der Waals surface area contributed by atoms with E-state index in [4.69, 9.17) is 9.47 Å². The first kappa shape index (κ1) is 16.2. The van der Waals surface area contributed by atoms with E-state index in [1.54, 1.807) is 0 Å². The zero-order valence-electron chi connectivity index (χ0n) is 13.6. The quantitative estimate of drug-likeness (QED) is 0.809. The Labute approximate surface area is 127 Å². The second-order valence-corrected chi connectivity index (χ2v) is 6.09. The van der Waals surface area contributed by atoms with Gasteiger partial charge in [-0.1, -0.05) is 30.6 Å². The van der Waals surface area contributed by atoms with E-state index in [1.807, 2.05) is 0 Å². The maximum Gasteiger partial charge on any atom is 0.303 e. The van der Waals surface area contributed by atoms with Gasteiger partial charge in [-0.2, -0.15) is 0 Å². The second kappa shape index (κ2) is 6.75. The van der Waals surface area contributed by atoms with Crippen molar-refractivity contribution in [1.29, 1.82) is 0 Å². The molecule has 4 nitrogen and oxygen atoms in total. The summed E-state index contributed by atoms with van der Waals surface area (Å²) in [5.41, 5.74) is 1.93. The summed E-state index contributed by atoms with van der Waals surface area (Å²) in [6.45, 7) is 10.2. The maximum atomic E-state index is 11.7. The van der Waals surface area contributed by atoms with Crippen LogP contribution >= 0.6 is 0 Å². The van der Waals surface area contributed by atoms with Crippen LogP contribution in [0.5, 0.6) is 0 Å². The molecule has 0 amide bonds. The average Bonchev–Trinajstić information content (AvgIpc) is 2.44. The minimum atomic E-state index is -0.576. The van der Waals surface area contributed by atoms with Crippen LogP contribution in [0, 0.1) is 5.92 Å². The van der Waals surface area contributed by atoms with Crippen molar-refractivity contribution < 1.29 is 14.3 Å². The normalized spacial score (nSPS) is 33.1. The third-order valence-electron chi connectivity index (χ3n) is 4.53. The Balaban J connectivity index is 2.39. The highest BCUT2D eigenvalue weighted by Crippen LogP contribution is 2.42. The molecule has 2 rings (SSSR count). The summed E-state index contributed by atoms with van der Waals surface area (Å²) in [6.07, 6.45) is 5.98. The fourth-order valence-electron chi connectivity index (χ4n) is 3.55. The lowest BCUT2D eigenvalue weighted by Gasteiger charge is -2.45. The van der Waals surface area contributed by atoms with Gasteiger partial charge < -0.3 is 14.8 Å². The smallest absolute Gasteiger partial charge is 0.303 e. The summed E-state index contributed by atoms with van der Waals surface area (Å²) in [5, 5.41) is 3.39. The lowest BCUT2D eigenvalue weighted by Crippen LogP contribution is -2.54. The zero-order valence-corrected chi connectivity index (χ0v) is 13.6. The van der Waals surface area contributed by atoms with Crippen LogP contribution in [0.2, 0.25) is 0 Å². The van der Waals surface area contributed by atoms with E-state index in [-0.39, 0.29) is 18.0 Å². The molecule has 3 unspecified atom stereocenters. The van der Waals surface area contributed by atoms with Crippen molar-refractivity contribution in [3.05, 3.63) is 23.3 Å². The van der Waals surface area contributed by atoms with Crippen molar-refractivity contribution in [2.24, 2.45) is 5.92 Å². The van der Waals surface area contributed by atoms with E-state index in [2.05, 4.69) is 38.2 Å². The van der Waals surface area contributed by atoms with Crippen molar-refractivity contribution in [3.8, 4) is 0 Å². The predicted octanol–water partition coefficient (Wildman–Crippen LogP) is 2.60. The molecule has 1 fully saturated rings. The molecule has 3 atom stereocenters. The van der Waals surface area contributed by atoms with E-state index >= 15 is 0 Å². The lowest BCUT2D eigenvalue weighted by molar-refractivity contribution is -0.163. The van der Waals surface area contributed by atoms with E-state index in [0.29, 0.717) is 6.61 Å². The van der Waals surface area contributed by atoms with Gasteiger partial charge in [0.15, 0.2) is 0 Å². The minimum Gasteiger partial charge on any atom is -0.454 e. The maximum absolute atomic E-state index is 11.7. The summed E-state index contributed by atoms with van der Waals surface area (Å²) in [6, 6.07) is 0. The molecule has 0 spiro atoms. The van der Waals surface area contributed by atoms with Gasteiger partial charge in [-0.05, 0) is 26.3 Å². The number of hydrogen-bond acceptors (Lipinski definition) is 4. The molecule has 1 aliphatic carbocycles. The van der Waals surface area contributed by atoms with Gasteiger partial charge in [0.2, 0.25) is 0 Å². The van der Waals surface area contributed by atoms with E-state index < -0.39 is 5.60 Å². The van der Waals surface area contributed by atoms with Crippen LogP contribution in [0.25, 0.3) is 0 Å². The minimum absolute atomic E-state index is 0.0459. The first-order valence-corrected chi connectivity index (χ1v) is 7.88. The van der Waals surface area contributed by atoms with Gasteiger partial charge in [-0.3, -0.25) is 4.79 Å². The largest absolute Gasteiger partial charge is 0.454 e. The van der Waals surface area contributed by atoms with E-state index in [0.717, 1.165) is 25.9 Å². The molecule has 4 heteroatoms. The molecule has 0 aromatic rings. The Kier molecular flexibility index (Phi) is 5.22. The molecule has 0 saturated carbocycles.